The molecule has 0 atom stereocenters. The Balaban J connectivity index is 1.60. The van der Waals surface area contributed by atoms with Gasteiger partial charge in [-0.3, -0.25) is 4.79 Å². The van der Waals surface area contributed by atoms with E-state index in [1.807, 2.05) is 66.7 Å². The molecule has 0 heterocycles. The highest BCUT2D eigenvalue weighted by Crippen LogP contribution is 2.27. The first-order valence-corrected chi connectivity index (χ1v) is 10.9. The fourth-order valence-corrected chi connectivity index (χ4v) is 3.63. The normalized spacial score (nSPS) is 10.8. The van der Waals surface area contributed by atoms with E-state index >= 15 is 0 Å². The number of nitriles is 1. The molecule has 0 spiro atoms. The highest BCUT2D eigenvalue weighted by atomic mass is 127. The summed E-state index contributed by atoms with van der Waals surface area (Å²) in [6.45, 7) is 0.248. The molecule has 1 N–H and O–H groups in total. The second-order valence-corrected chi connectivity index (χ2v) is 8.21. The summed E-state index contributed by atoms with van der Waals surface area (Å²) < 4.78 is 7.13. The maximum Gasteiger partial charge on any atom is 0.271 e. The van der Waals surface area contributed by atoms with Crippen molar-refractivity contribution >= 4 is 45.5 Å². The number of rotatable bonds is 6. The predicted octanol–water partition coefficient (Wildman–Crippen LogP) is 5.66. The summed E-state index contributed by atoms with van der Waals surface area (Å²) in [5.41, 5.74) is 5.24. The van der Waals surface area contributed by atoms with E-state index in [9.17, 15) is 10.1 Å². The Morgan fingerprint density at radius 1 is 1.00 bits per heavy atom. The number of amides is 1. The van der Waals surface area contributed by atoms with Crippen LogP contribution in [0.3, 0.4) is 0 Å². The van der Waals surface area contributed by atoms with Crippen molar-refractivity contribution in [1.29, 1.82) is 5.26 Å². The fourth-order valence-electron chi connectivity index (χ4n) is 3.27. The highest BCUT2D eigenvalue weighted by Gasteiger charge is 2.10. The van der Waals surface area contributed by atoms with Gasteiger partial charge in [0.25, 0.3) is 5.91 Å². The van der Waals surface area contributed by atoms with Crippen molar-refractivity contribution in [3.63, 3.8) is 0 Å². The zero-order valence-corrected chi connectivity index (χ0v) is 19.1. The average molecular weight is 531 g/mol. The Morgan fingerprint density at radius 2 is 1.75 bits per heavy atom. The largest absolute Gasteiger partial charge is 0.488 e. The molecule has 4 rings (SSSR count). The third kappa shape index (κ3) is 4.95. The zero-order valence-electron chi connectivity index (χ0n) is 17.0. The van der Waals surface area contributed by atoms with Gasteiger partial charge in [0.15, 0.2) is 0 Å². The Labute approximate surface area is 199 Å². The first-order valence-electron chi connectivity index (χ1n) is 9.87. The third-order valence-corrected chi connectivity index (χ3v) is 5.64. The molecule has 5 nitrogen and oxygen atoms in total. The molecular weight excluding hydrogens is 513 g/mol. The van der Waals surface area contributed by atoms with Crippen molar-refractivity contribution in [2.24, 2.45) is 5.10 Å². The maximum atomic E-state index is 12.4. The van der Waals surface area contributed by atoms with Gasteiger partial charge < -0.3 is 4.74 Å². The lowest BCUT2D eigenvalue weighted by atomic mass is 10.0. The molecule has 0 aromatic heterocycles. The van der Waals surface area contributed by atoms with Gasteiger partial charge in [0.1, 0.15) is 12.4 Å². The number of nitrogens with one attached hydrogen (secondary N) is 1. The van der Waals surface area contributed by atoms with Crippen LogP contribution in [0.15, 0.2) is 90.0 Å². The number of hydrogen-bond acceptors (Lipinski definition) is 4. The van der Waals surface area contributed by atoms with E-state index in [4.69, 9.17) is 4.74 Å². The van der Waals surface area contributed by atoms with Gasteiger partial charge in [-0.2, -0.15) is 10.4 Å². The van der Waals surface area contributed by atoms with Gasteiger partial charge in [0, 0.05) is 20.3 Å². The van der Waals surface area contributed by atoms with Crippen LogP contribution < -0.4 is 10.2 Å². The molecule has 0 fully saturated rings. The van der Waals surface area contributed by atoms with Crippen molar-refractivity contribution < 1.29 is 9.53 Å². The minimum Gasteiger partial charge on any atom is -0.488 e. The Bertz CT molecular complexity index is 1340. The van der Waals surface area contributed by atoms with Crippen LogP contribution in [0.2, 0.25) is 0 Å². The summed E-state index contributed by atoms with van der Waals surface area (Å²) in [5, 5.41) is 15.5. The minimum atomic E-state index is -0.289. The summed E-state index contributed by atoms with van der Waals surface area (Å²) in [7, 11) is 0. The van der Waals surface area contributed by atoms with Crippen LogP contribution in [-0.2, 0) is 6.61 Å². The van der Waals surface area contributed by atoms with Crippen LogP contribution >= 0.6 is 22.6 Å². The molecule has 32 heavy (non-hydrogen) atoms. The molecule has 0 bridgehead atoms. The number of hydrogen-bond donors (Lipinski definition) is 1. The van der Waals surface area contributed by atoms with Crippen LogP contribution in [0, 0.1) is 14.9 Å². The summed E-state index contributed by atoms with van der Waals surface area (Å²) in [6, 6.07) is 28.5. The number of nitrogens with zero attached hydrogens (tertiary/aromatic N) is 2. The molecule has 0 aliphatic rings. The number of halogens is 1. The molecular formula is C26H18IN3O2. The molecule has 4 aromatic rings. The monoisotopic (exact) mass is 531 g/mol. The quantitative estimate of drug-likeness (QED) is 0.198. The average Bonchev–Trinajstić information content (AvgIpc) is 2.83. The number of carbonyl (C=O) groups is 1. The second-order valence-electron chi connectivity index (χ2n) is 6.96. The van der Waals surface area contributed by atoms with Crippen molar-refractivity contribution in [2.75, 3.05) is 0 Å². The van der Waals surface area contributed by atoms with E-state index in [2.05, 4.69) is 39.2 Å². The van der Waals surface area contributed by atoms with Crippen LogP contribution in [0.1, 0.15) is 27.0 Å². The lowest BCUT2D eigenvalue weighted by molar-refractivity contribution is 0.0955. The van der Waals surface area contributed by atoms with E-state index in [1.165, 1.54) is 0 Å². The van der Waals surface area contributed by atoms with Crippen molar-refractivity contribution in [3.8, 4) is 11.8 Å². The smallest absolute Gasteiger partial charge is 0.271 e. The summed E-state index contributed by atoms with van der Waals surface area (Å²) in [5.74, 6) is 0.326. The predicted molar refractivity (Wildman–Crippen MR) is 134 cm³/mol. The zero-order chi connectivity index (χ0) is 22.3. The van der Waals surface area contributed by atoms with Crippen molar-refractivity contribution in [2.45, 2.75) is 6.61 Å². The van der Waals surface area contributed by atoms with E-state index in [-0.39, 0.29) is 12.5 Å². The van der Waals surface area contributed by atoms with Gasteiger partial charge >= 0.3 is 0 Å². The summed E-state index contributed by atoms with van der Waals surface area (Å²) >= 11 is 2.19. The molecule has 0 aliphatic heterocycles. The summed E-state index contributed by atoms with van der Waals surface area (Å²) in [6.07, 6.45) is 1.60. The Hall–Kier alpha value is -3.70. The number of hydrazone groups is 1. The van der Waals surface area contributed by atoms with Crippen LogP contribution in [0.25, 0.3) is 10.8 Å². The lowest BCUT2D eigenvalue weighted by Crippen LogP contribution is -2.17. The lowest BCUT2D eigenvalue weighted by Gasteiger charge is -2.12. The first-order chi connectivity index (χ1) is 15.7. The van der Waals surface area contributed by atoms with E-state index in [0.29, 0.717) is 16.9 Å². The maximum absolute atomic E-state index is 12.4. The number of fused-ring (bicyclic) bond motifs is 1. The molecule has 0 unspecified atom stereocenters. The SMILES string of the molecule is N#Cc1ccccc1COc1ccc2ccccc2c1/C=N\NC(=O)c1ccc(I)cc1. The molecule has 156 valence electrons. The van der Waals surface area contributed by atoms with E-state index < -0.39 is 0 Å². The topological polar surface area (TPSA) is 74.5 Å². The number of carbonyl (C=O) groups excluding carboxylic acids is 1. The van der Waals surface area contributed by atoms with E-state index in [1.54, 1.807) is 24.4 Å². The van der Waals surface area contributed by atoms with Gasteiger partial charge in [-0.1, -0.05) is 48.5 Å². The molecule has 1 amide bonds. The highest BCUT2D eigenvalue weighted by molar-refractivity contribution is 14.1. The van der Waals surface area contributed by atoms with Gasteiger partial charge in [0.2, 0.25) is 0 Å². The van der Waals surface area contributed by atoms with Crippen LogP contribution in [0.4, 0.5) is 0 Å². The standard InChI is InChI=1S/C26H18IN3O2/c27-22-12-9-19(10-13-22)26(31)30-29-16-24-23-8-4-3-5-18(23)11-14-25(24)32-17-21-7-2-1-6-20(21)15-28/h1-14,16H,17H2,(H,30,31)/b29-16-. The third-order valence-electron chi connectivity index (χ3n) is 4.92. The molecule has 0 saturated carbocycles. The molecule has 4 aromatic carbocycles. The van der Waals surface area contributed by atoms with Gasteiger partial charge in [-0.15, -0.1) is 0 Å². The van der Waals surface area contributed by atoms with Crippen LogP contribution in [-0.4, -0.2) is 12.1 Å². The Kier molecular flexibility index (Phi) is 6.78. The first kappa shape index (κ1) is 21.5. The number of benzene rings is 4. The Morgan fingerprint density at radius 3 is 2.56 bits per heavy atom. The van der Waals surface area contributed by atoms with Crippen LogP contribution in [0.5, 0.6) is 5.75 Å². The molecule has 6 heteroatoms. The molecule has 0 saturated heterocycles. The summed E-state index contributed by atoms with van der Waals surface area (Å²) in [4.78, 5) is 12.4. The second kappa shape index (κ2) is 10.1. The van der Waals surface area contributed by atoms with Gasteiger partial charge in [-0.25, -0.2) is 5.43 Å². The van der Waals surface area contributed by atoms with Gasteiger partial charge in [0.05, 0.1) is 17.8 Å². The van der Waals surface area contributed by atoms with Crippen molar-refractivity contribution in [3.05, 3.63) is 111 Å². The molecule has 0 radical (unpaired) electrons. The van der Waals surface area contributed by atoms with Gasteiger partial charge in [-0.05, 0) is 69.8 Å². The minimum absolute atomic E-state index is 0.248. The fraction of sp³-hybridized carbons (Fsp3) is 0.0385. The van der Waals surface area contributed by atoms with Crippen molar-refractivity contribution in [1.82, 2.24) is 5.43 Å². The molecule has 0 aliphatic carbocycles. The van der Waals surface area contributed by atoms with E-state index in [0.717, 1.165) is 25.5 Å². The number of ether oxygens (including phenoxy) is 1.